The van der Waals surface area contributed by atoms with Gasteiger partial charge in [-0.05, 0) is 60.4 Å². The second-order valence-corrected chi connectivity index (χ2v) is 10.3. The number of anilines is 4. The summed E-state index contributed by atoms with van der Waals surface area (Å²) in [5, 5.41) is 16.3. The molecule has 0 aliphatic carbocycles. The number of ether oxygens (including phenoxy) is 4. The van der Waals surface area contributed by atoms with Crippen LogP contribution in [0.1, 0.15) is 37.8 Å². The van der Waals surface area contributed by atoms with Crippen LogP contribution < -0.4 is 31.9 Å². The summed E-state index contributed by atoms with van der Waals surface area (Å²) in [6.45, 7) is 6.61. The molecule has 258 valence electrons. The van der Waals surface area contributed by atoms with Gasteiger partial charge in [0.1, 0.15) is 13.2 Å². The van der Waals surface area contributed by atoms with Crippen molar-refractivity contribution in [1.29, 1.82) is 0 Å². The topological polar surface area (TPSA) is 177 Å². The first-order valence-electron chi connectivity index (χ1n) is 15.7. The number of hydrogen-bond acceptors (Lipinski definition) is 8. The van der Waals surface area contributed by atoms with E-state index >= 15 is 0 Å². The van der Waals surface area contributed by atoms with Crippen LogP contribution in [0.4, 0.5) is 41.9 Å². The molecular weight excluding hydrogens is 620 g/mol. The fourth-order valence-electron chi connectivity index (χ4n) is 4.10. The van der Waals surface area contributed by atoms with E-state index < -0.39 is 24.2 Å². The molecule has 3 rings (SSSR count). The first-order valence-corrected chi connectivity index (χ1v) is 15.7. The molecule has 0 saturated carbocycles. The van der Waals surface area contributed by atoms with Crippen molar-refractivity contribution in [3.63, 3.8) is 0 Å². The van der Waals surface area contributed by atoms with Crippen molar-refractivity contribution in [3.05, 3.63) is 83.9 Å². The molecule has 0 atom stereocenters. The Hall–Kier alpha value is -5.34. The van der Waals surface area contributed by atoms with Crippen LogP contribution >= 0.6 is 0 Å². The molecule has 6 N–H and O–H groups in total. The Kier molecular flexibility index (Phi) is 16.6. The second-order valence-electron chi connectivity index (χ2n) is 10.3. The molecule has 0 saturated heterocycles. The Morgan fingerprint density at radius 2 is 0.896 bits per heavy atom. The van der Waals surface area contributed by atoms with Crippen molar-refractivity contribution in [2.24, 2.45) is 0 Å². The van der Waals surface area contributed by atoms with E-state index in [0.29, 0.717) is 49.2 Å². The lowest BCUT2D eigenvalue weighted by atomic mass is 10.1. The number of amides is 6. The highest BCUT2D eigenvalue weighted by Gasteiger charge is 2.09. The molecule has 3 aromatic carbocycles. The number of nitrogens with one attached hydrogen (secondary N) is 6. The number of hydrogen-bond donors (Lipinski definition) is 6. The van der Waals surface area contributed by atoms with Gasteiger partial charge in [-0.2, -0.15) is 0 Å². The van der Waals surface area contributed by atoms with Gasteiger partial charge in [-0.3, -0.25) is 10.6 Å². The average Bonchev–Trinajstić information content (AvgIpc) is 3.07. The van der Waals surface area contributed by atoms with Gasteiger partial charge in [0.25, 0.3) is 0 Å². The molecule has 0 heterocycles. The van der Waals surface area contributed by atoms with Gasteiger partial charge in [-0.15, -0.1) is 0 Å². The third-order valence-corrected chi connectivity index (χ3v) is 6.25. The maximum Gasteiger partial charge on any atom is 0.411 e. The van der Waals surface area contributed by atoms with E-state index in [1.54, 1.807) is 48.5 Å². The van der Waals surface area contributed by atoms with Crippen molar-refractivity contribution in [2.45, 2.75) is 39.8 Å². The molecule has 0 aromatic heterocycles. The van der Waals surface area contributed by atoms with E-state index in [2.05, 4.69) is 31.9 Å². The highest BCUT2D eigenvalue weighted by Crippen LogP contribution is 2.17. The molecule has 0 radical (unpaired) electrons. The monoisotopic (exact) mass is 664 g/mol. The molecule has 0 fully saturated rings. The Morgan fingerprint density at radius 1 is 0.500 bits per heavy atom. The summed E-state index contributed by atoms with van der Waals surface area (Å²) in [7, 11) is 0. The van der Waals surface area contributed by atoms with Crippen LogP contribution in [0, 0.1) is 0 Å². The summed E-state index contributed by atoms with van der Waals surface area (Å²) in [6.07, 6.45) is 0.544. The van der Waals surface area contributed by atoms with Gasteiger partial charge in [0.05, 0.1) is 13.2 Å². The molecule has 14 nitrogen and oxygen atoms in total. The number of rotatable bonds is 18. The number of benzene rings is 3. The van der Waals surface area contributed by atoms with E-state index in [9.17, 15) is 19.2 Å². The Bertz CT molecular complexity index is 1370. The van der Waals surface area contributed by atoms with Crippen LogP contribution in [0.25, 0.3) is 0 Å². The van der Waals surface area contributed by atoms with E-state index in [0.717, 1.165) is 24.0 Å². The van der Waals surface area contributed by atoms with Gasteiger partial charge in [-0.1, -0.05) is 50.2 Å². The van der Waals surface area contributed by atoms with Gasteiger partial charge in [0, 0.05) is 49.1 Å². The van der Waals surface area contributed by atoms with Crippen molar-refractivity contribution < 1.29 is 38.1 Å². The lowest BCUT2D eigenvalue weighted by Crippen LogP contribution is -2.29. The van der Waals surface area contributed by atoms with Crippen LogP contribution in [-0.2, 0) is 32.0 Å². The molecule has 0 unspecified atom stereocenters. The van der Waals surface area contributed by atoms with E-state index in [-0.39, 0.29) is 26.3 Å². The quantitative estimate of drug-likeness (QED) is 0.0861. The third-order valence-electron chi connectivity index (χ3n) is 6.25. The molecule has 6 amide bonds. The smallest absolute Gasteiger partial charge is 0.411 e. The number of carbonyl (C=O) groups is 4. The van der Waals surface area contributed by atoms with Gasteiger partial charge >= 0.3 is 24.2 Å². The third kappa shape index (κ3) is 15.3. The lowest BCUT2D eigenvalue weighted by molar-refractivity contribution is 0.0785. The summed E-state index contributed by atoms with van der Waals surface area (Å²) in [5.74, 6) is 0. The minimum Gasteiger partial charge on any atom is -0.447 e. The van der Waals surface area contributed by atoms with Crippen LogP contribution in [0.5, 0.6) is 0 Å². The lowest BCUT2D eigenvalue weighted by Gasteiger charge is -2.12. The minimum absolute atomic E-state index is 0.139. The van der Waals surface area contributed by atoms with Gasteiger partial charge in [0.2, 0.25) is 0 Å². The summed E-state index contributed by atoms with van der Waals surface area (Å²) < 4.78 is 20.7. The van der Waals surface area contributed by atoms with E-state index in [4.69, 9.17) is 18.9 Å². The molecule has 0 aliphatic heterocycles. The molecule has 0 spiro atoms. The zero-order valence-corrected chi connectivity index (χ0v) is 27.3. The van der Waals surface area contributed by atoms with Crippen molar-refractivity contribution in [3.8, 4) is 0 Å². The molecule has 3 aromatic rings. The second kappa shape index (κ2) is 21.5. The summed E-state index contributed by atoms with van der Waals surface area (Å²) in [4.78, 5) is 49.1. The van der Waals surface area contributed by atoms with Crippen LogP contribution in [0.2, 0.25) is 0 Å². The molecule has 0 aliphatic rings. The van der Waals surface area contributed by atoms with E-state index in [1.807, 2.05) is 38.1 Å². The summed E-state index contributed by atoms with van der Waals surface area (Å²) in [5.41, 5.74) is 3.54. The highest BCUT2D eigenvalue weighted by atomic mass is 16.6. The summed E-state index contributed by atoms with van der Waals surface area (Å²) >= 11 is 0. The van der Waals surface area contributed by atoms with Crippen LogP contribution in [0.15, 0.2) is 72.8 Å². The van der Waals surface area contributed by atoms with Gasteiger partial charge < -0.3 is 40.2 Å². The maximum atomic E-state index is 12.5. The standard InChI is InChI=1S/C34H44N6O8/c1-3-14-45-16-18-47-33(43)39-29-12-6-10-27(21-29)37-31(41)35-23-25-8-5-9-26(20-25)24-36-32(42)38-28-11-7-13-30(22-28)40-34(44)48-19-17-46-15-4-2/h5-13,20-22H,3-4,14-19,23-24H2,1-2H3,(H,39,43)(H,40,44)(H2,35,37,41)(H2,36,38,42). The van der Waals surface area contributed by atoms with Crippen molar-refractivity contribution >= 4 is 47.0 Å². The number of urea groups is 2. The normalized spacial score (nSPS) is 10.4. The average molecular weight is 665 g/mol. The fraction of sp³-hybridized carbons (Fsp3) is 0.353. The number of carbonyl (C=O) groups excluding carboxylic acids is 4. The van der Waals surface area contributed by atoms with Gasteiger partial charge in [-0.25, -0.2) is 19.2 Å². The predicted molar refractivity (Wildman–Crippen MR) is 183 cm³/mol. The Morgan fingerprint density at radius 3 is 1.31 bits per heavy atom. The van der Waals surface area contributed by atoms with Gasteiger partial charge in [0.15, 0.2) is 0 Å². The largest absolute Gasteiger partial charge is 0.447 e. The first-order chi connectivity index (χ1) is 23.3. The van der Waals surface area contributed by atoms with Crippen molar-refractivity contribution in [1.82, 2.24) is 10.6 Å². The van der Waals surface area contributed by atoms with Crippen LogP contribution in [0.3, 0.4) is 0 Å². The van der Waals surface area contributed by atoms with Crippen molar-refractivity contribution in [2.75, 3.05) is 60.9 Å². The SMILES string of the molecule is CCCOCCOC(=O)Nc1cccc(NC(=O)NCc2cccc(CNC(=O)Nc3cccc(NC(=O)OCCOCCC)c3)c2)c1. The fourth-order valence-corrected chi connectivity index (χ4v) is 4.10. The molecule has 48 heavy (non-hydrogen) atoms. The Balaban J connectivity index is 1.38. The molecule has 0 bridgehead atoms. The predicted octanol–water partition coefficient (Wildman–Crippen LogP) is 6.28. The van der Waals surface area contributed by atoms with E-state index in [1.165, 1.54) is 0 Å². The zero-order valence-electron chi connectivity index (χ0n) is 27.3. The maximum absolute atomic E-state index is 12.5. The summed E-state index contributed by atoms with van der Waals surface area (Å²) in [6, 6.07) is 19.9. The Labute approximate surface area is 280 Å². The first kappa shape index (κ1) is 37.1. The molecular formula is C34H44N6O8. The van der Waals surface area contributed by atoms with Crippen LogP contribution in [-0.4, -0.2) is 63.9 Å². The minimum atomic E-state index is -0.617. The highest BCUT2D eigenvalue weighted by molar-refractivity contribution is 5.92. The zero-order chi connectivity index (χ0) is 34.4. The molecule has 14 heteroatoms.